The van der Waals surface area contributed by atoms with E-state index in [1.54, 1.807) is 7.11 Å². The maximum absolute atomic E-state index is 5.46. The van der Waals surface area contributed by atoms with Crippen molar-refractivity contribution < 1.29 is 4.74 Å². The first-order chi connectivity index (χ1) is 10.2. The molecule has 4 nitrogen and oxygen atoms in total. The Labute approximate surface area is 127 Å². The van der Waals surface area contributed by atoms with Gasteiger partial charge in [-0.05, 0) is 44.0 Å². The molecule has 21 heavy (non-hydrogen) atoms. The van der Waals surface area contributed by atoms with Crippen molar-refractivity contribution in [3.8, 4) is 5.75 Å². The van der Waals surface area contributed by atoms with Crippen LogP contribution in [0, 0.1) is 5.92 Å². The Kier molecular flexibility index (Phi) is 5.81. The number of aromatic nitrogens is 2. The molecule has 1 aromatic carbocycles. The molecule has 1 heterocycles. The van der Waals surface area contributed by atoms with Gasteiger partial charge in [0.05, 0.1) is 7.11 Å². The Bertz CT molecular complexity index is 550. The highest BCUT2D eigenvalue weighted by Crippen LogP contribution is 2.22. The molecule has 0 fully saturated rings. The van der Waals surface area contributed by atoms with Crippen LogP contribution in [0.15, 0.2) is 36.7 Å². The van der Waals surface area contributed by atoms with Gasteiger partial charge in [0.1, 0.15) is 11.6 Å². The maximum atomic E-state index is 5.46. The lowest BCUT2D eigenvalue weighted by molar-refractivity contribution is 0.397. The predicted molar refractivity (Wildman–Crippen MR) is 85.6 cm³/mol. The minimum Gasteiger partial charge on any atom is -0.496 e. The molecule has 114 valence electrons. The number of nitrogens with one attached hydrogen (secondary N) is 1. The van der Waals surface area contributed by atoms with Gasteiger partial charge in [0, 0.05) is 25.9 Å². The molecule has 1 aromatic heterocycles. The molecule has 0 amide bonds. The highest BCUT2D eigenvalue weighted by Gasteiger charge is 2.13. The third-order valence-electron chi connectivity index (χ3n) is 3.89. The summed E-state index contributed by atoms with van der Waals surface area (Å²) in [6.07, 6.45) is 7.01. The highest BCUT2D eigenvalue weighted by atomic mass is 16.5. The first-order valence-electron chi connectivity index (χ1n) is 7.47. The number of nitrogens with zero attached hydrogens (tertiary/aromatic N) is 2. The second-order valence-electron chi connectivity index (χ2n) is 5.43. The molecule has 0 radical (unpaired) electrons. The number of imidazole rings is 1. The molecule has 0 saturated carbocycles. The first kappa shape index (κ1) is 15.6. The van der Waals surface area contributed by atoms with Crippen LogP contribution in [0.2, 0.25) is 0 Å². The third-order valence-corrected chi connectivity index (χ3v) is 3.89. The van der Waals surface area contributed by atoms with Gasteiger partial charge in [-0.2, -0.15) is 0 Å². The lowest BCUT2D eigenvalue weighted by Gasteiger charge is -2.18. The Morgan fingerprint density at radius 2 is 2.14 bits per heavy atom. The summed E-state index contributed by atoms with van der Waals surface area (Å²) in [5, 5.41) is 3.30. The molecule has 0 spiro atoms. The number of aryl methyl sites for hydroxylation is 2. The van der Waals surface area contributed by atoms with E-state index in [-0.39, 0.29) is 0 Å². The normalized spacial score (nSPS) is 12.3. The lowest BCUT2D eigenvalue weighted by Crippen LogP contribution is -2.22. The number of ether oxygens (including phenoxy) is 1. The molecule has 2 aromatic rings. The molecule has 1 atom stereocenters. The first-order valence-corrected chi connectivity index (χ1v) is 7.47. The molecule has 0 aliphatic rings. The van der Waals surface area contributed by atoms with E-state index < -0.39 is 0 Å². The summed E-state index contributed by atoms with van der Waals surface area (Å²) < 4.78 is 7.55. The predicted octanol–water partition coefficient (Wildman–Crippen LogP) is 2.44. The van der Waals surface area contributed by atoms with E-state index in [1.807, 2.05) is 31.6 Å². The van der Waals surface area contributed by atoms with Crippen LogP contribution in [0.3, 0.4) is 0 Å². The number of hydrogen-bond acceptors (Lipinski definition) is 3. The number of para-hydroxylation sites is 1. The third kappa shape index (κ3) is 4.33. The van der Waals surface area contributed by atoms with Crippen molar-refractivity contribution in [1.82, 2.24) is 14.9 Å². The molecule has 0 saturated heterocycles. The van der Waals surface area contributed by atoms with Crippen molar-refractivity contribution in [1.29, 1.82) is 0 Å². The zero-order chi connectivity index (χ0) is 15.1. The summed E-state index contributed by atoms with van der Waals surface area (Å²) in [6, 6.07) is 8.28. The van der Waals surface area contributed by atoms with Gasteiger partial charge in [-0.1, -0.05) is 18.2 Å². The number of hydrogen-bond donors (Lipinski definition) is 1. The molecule has 0 aliphatic carbocycles. The zero-order valence-electron chi connectivity index (χ0n) is 13.2. The summed E-state index contributed by atoms with van der Waals surface area (Å²) in [5.41, 5.74) is 1.28. The summed E-state index contributed by atoms with van der Waals surface area (Å²) >= 11 is 0. The van der Waals surface area contributed by atoms with E-state index in [2.05, 4.69) is 34.0 Å². The van der Waals surface area contributed by atoms with E-state index in [9.17, 15) is 0 Å². The van der Waals surface area contributed by atoms with E-state index in [1.165, 1.54) is 5.56 Å². The standard InChI is InChI=1S/C17H25N3O/c1-18-13-14(8-9-17-19-10-11-20(17)2)12-15-6-4-5-7-16(15)21-3/h4-7,10-11,14,18H,8-9,12-13H2,1-3H3. The van der Waals surface area contributed by atoms with Crippen LogP contribution in [-0.2, 0) is 19.9 Å². The number of benzene rings is 1. The van der Waals surface area contributed by atoms with Gasteiger partial charge in [0.15, 0.2) is 0 Å². The van der Waals surface area contributed by atoms with Crippen molar-refractivity contribution in [3.05, 3.63) is 48.0 Å². The molecule has 0 aliphatic heterocycles. The SMILES string of the molecule is CNCC(CCc1nccn1C)Cc1ccccc1OC. The number of methoxy groups -OCH3 is 1. The quantitative estimate of drug-likeness (QED) is 0.810. The van der Waals surface area contributed by atoms with Gasteiger partial charge in [0.2, 0.25) is 0 Å². The van der Waals surface area contributed by atoms with Crippen molar-refractivity contribution in [2.24, 2.45) is 13.0 Å². The zero-order valence-corrected chi connectivity index (χ0v) is 13.2. The molecule has 2 rings (SSSR count). The van der Waals surface area contributed by atoms with Gasteiger partial charge in [-0.3, -0.25) is 0 Å². The van der Waals surface area contributed by atoms with Crippen LogP contribution >= 0.6 is 0 Å². The fraction of sp³-hybridized carbons (Fsp3) is 0.471. The second-order valence-corrected chi connectivity index (χ2v) is 5.43. The van der Waals surface area contributed by atoms with Crippen LogP contribution in [-0.4, -0.2) is 30.3 Å². The van der Waals surface area contributed by atoms with Crippen LogP contribution < -0.4 is 10.1 Å². The fourth-order valence-corrected chi connectivity index (χ4v) is 2.72. The lowest BCUT2D eigenvalue weighted by atomic mass is 9.94. The summed E-state index contributed by atoms with van der Waals surface area (Å²) in [4.78, 5) is 4.41. The van der Waals surface area contributed by atoms with Gasteiger partial charge in [-0.15, -0.1) is 0 Å². The van der Waals surface area contributed by atoms with Gasteiger partial charge in [0.25, 0.3) is 0 Å². The number of rotatable bonds is 8. The smallest absolute Gasteiger partial charge is 0.122 e. The molecule has 1 unspecified atom stereocenters. The average molecular weight is 287 g/mol. The fourth-order valence-electron chi connectivity index (χ4n) is 2.72. The van der Waals surface area contributed by atoms with Crippen molar-refractivity contribution in [2.45, 2.75) is 19.3 Å². The summed E-state index contributed by atoms with van der Waals surface area (Å²) in [7, 11) is 5.80. The summed E-state index contributed by atoms with van der Waals surface area (Å²) in [5.74, 6) is 2.70. The summed E-state index contributed by atoms with van der Waals surface area (Å²) in [6.45, 7) is 1.00. The molecular weight excluding hydrogens is 262 g/mol. The van der Waals surface area contributed by atoms with Crippen LogP contribution in [0.5, 0.6) is 5.75 Å². The van der Waals surface area contributed by atoms with Crippen molar-refractivity contribution in [2.75, 3.05) is 20.7 Å². The topological polar surface area (TPSA) is 39.1 Å². The Balaban J connectivity index is 2.00. The van der Waals surface area contributed by atoms with Gasteiger partial charge in [-0.25, -0.2) is 4.98 Å². The monoisotopic (exact) mass is 287 g/mol. The second kappa shape index (κ2) is 7.84. The highest BCUT2D eigenvalue weighted by molar-refractivity contribution is 5.33. The van der Waals surface area contributed by atoms with Crippen LogP contribution in [0.4, 0.5) is 0 Å². The maximum Gasteiger partial charge on any atom is 0.122 e. The van der Waals surface area contributed by atoms with Crippen LogP contribution in [0.1, 0.15) is 17.8 Å². The Morgan fingerprint density at radius 1 is 1.33 bits per heavy atom. The van der Waals surface area contributed by atoms with Gasteiger partial charge < -0.3 is 14.6 Å². The minimum absolute atomic E-state index is 0.572. The van der Waals surface area contributed by atoms with Gasteiger partial charge >= 0.3 is 0 Å². The van der Waals surface area contributed by atoms with E-state index in [0.29, 0.717) is 5.92 Å². The minimum atomic E-state index is 0.572. The largest absolute Gasteiger partial charge is 0.496 e. The van der Waals surface area contributed by atoms with E-state index in [0.717, 1.165) is 37.4 Å². The van der Waals surface area contributed by atoms with Crippen LogP contribution in [0.25, 0.3) is 0 Å². The molecular formula is C17H25N3O. The Morgan fingerprint density at radius 3 is 2.81 bits per heavy atom. The molecule has 1 N–H and O–H groups in total. The Hall–Kier alpha value is -1.81. The van der Waals surface area contributed by atoms with E-state index in [4.69, 9.17) is 4.74 Å². The average Bonchev–Trinajstić information content (AvgIpc) is 2.91. The van der Waals surface area contributed by atoms with Crippen molar-refractivity contribution in [3.63, 3.8) is 0 Å². The molecule has 4 heteroatoms. The van der Waals surface area contributed by atoms with E-state index >= 15 is 0 Å². The molecule has 0 bridgehead atoms. The van der Waals surface area contributed by atoms with Crippen molar-refractivity contribution >= 4 is 0 Å².